The van der Waals surface area contributed by atoms with Gasteiger partial charge in [0.15, 0.2) is 11.5 Å². The van der Waals surface area contributed by atoms with Crippen molar-refractivity contribution < 1.29 is 28.2 Å². The number of hydrogen-bond donors (Lipinski definition) is 1. The second kappa shape index (κ2) is 9.16. The Morgan fingerprint density at radius 1 is 1.19 bits per heavy atom. The number of esters is 1. The van der Waals surface area contributed by atoms with Crippen molar-refractivity contribution in [3.63, 3.8) is 0 Å². The second-order valence-electron chi connectivity index (χ2n) is 4.87. The molecule has 2 rings (SSSR count). The molecule has 26 heavy (non-hydrogen) atoms. The molecule has 0 saturated heterocycles. The lowest BCUT2D eigenvalue weighted by Gasteiger charge is -2.10. The molecule has 0 unspecified atom stereocenters. The molecule has 0 aromatic heterocycles. The van der Waals surface area contributed by atoms with E-state index in [2.05, 4.69) is 15.3 Å². The molecule has 0 saturated carbocycles. The van der Waals surface area contributed by atoms with Gasteiger partial charge in [0, 0.05) is 0 Å². The number of methoxy groups -OCH3 is 1. The van der Waals surface area contributed by atoms with E-state index in [4.69, 9.17) is 9.47 Å². The summed E-state index contributed by atoms with van der Waals surface area (Å²) in [4.78, 5) is 23.2. The Bertz CT molecular complexity index is 823. The fraction of sp³-hybridized carbons (Fsp3) is 0.167. The Morgan fingerprint density at radius 2 is 1.96 bits per heavy atom. The lowest BCUT2D eigenvalue weighted by atomic mass is 10.2. The lowest BCUT2D eigenvalue weighted by molar-refractivity contribution is 0.0724. The van der Waals surface area contributed by atoms with Crippen LogP contribution in [0.15, 0.2) is 47.6 Å². The number of benzene rings is 2. The van der Waals surface area contributed by atoms with Gasteiger partial charge in [-0.05, 0) is 42.8 Å². The Balaban J connectivity index is 2.11. The minimum atomic E-state index is -0.841. The van der Waals surface area contributed by atoms with E-state index in [1.165, 1.54) is 43.7 Å². The van der Waals surface area contributed by atoms with Gasteiger partial charge in [-0.15, -0.1) is 0 Å². The highest BCUT2D eigenvalue weighted by Crippen LogP contribution is 2.28. The van der Waals surface area contributed by atoms with E-state index in [-0.39, 0.29) is 23.7 Å². The van der Waals surface area contributed by atoms with Crippen molar-refractivity contribution in [3.05, 3.63) is 59.4 Å². The van der Waals surface area contributed by atoms with E-state index in [0.717, 1.165) is 0 Å². The molecule has 0 fully saturated rings. The van der Waals surface area contributed by atoms with E-state index in [9.17, 15) is 14.0 Å². The van der Waals surface area contributed by atoms with Crippen molar-refractivity contribution in [2.24, 2.45) is 5.10 Å². The summed E-state index contributed by atoms with van der Waals surface area (Å²) in [6.45, 7) is 1.91. The molecule has 0 radical (unpaired) electrons. The Morgan fingerprint density at radius 3 is 2.65 bits per heavy atom. The first-order chi connectivity index (χ1) is 12.5. The van der Waals surface area contributed by atoms with Crippen LogP contribution in [0.5, 0.6) is 11.5 Å². The van der Waals surface area contributed by atoms with Gasteiger partial charge in [-0.3, -0.25) is 0 Å². The SMILES string of the molecule is CCOC(=O)N/N=C/c1ccc(OC(=O)c2ccccc2F)c(OC)c1. The van der Waals surface area contributed by atoms with E-state index >= 15 is 0 Å². The zero-order valence-electron chi connectivity index (χ0n) is 14.2. The maximum Gasteiger partial charge on any atom is 0.427 e. The third-order valence-electron chi connectivity index (χ3n) is 3.13. The first kappa shape index (κ1) is 18.9. The van der Waals surface area contributed by atoms with Crippen LogP contribution in [0.1, 0.15) is 22.8 Å². The van der Waals surface area contributed by atoms with E-state index < -0.39 is 17.9 Å². The molecule has 0 atom stereocenters. The smallest absolute Gasteiger partial charge is 0.427 e. The van der Waals surface area contributed by atoms with Crippen LogP contribution in [-0.4, -0.2) is 32.0 Å². The summed E-state index contributed by atoms with van der Waals surface area (Å²) in [7, 11) is 1.40. The molecule has 2 aromatic carbocycles. The number of carbonyl (C=O) groups is 2. The molecule has 1 amide bonds. The minimum absolute atomic E-state index is 0.122. The fourth-order valence-electron chi connectivity index (χ4n) is 1.95. The molecule has 0 aliphatic heterocycles. The van der Waals surface area contributed by atoms with Crippen molar-refractivity contribution in [1.29, 1.82) is 0 Å². The predicted octanol–water partition coefficient (Wildman–Crippen LogP) is 3.13. The van der Waals surface area contributed by atoms with Crippen LogP contribution < -0.4 is 14.9 Å². The summed E-state index contributed by atoms with van der Waals surface area (Å²) < 4.78 is 28.7. The van der Waals surface area contributed by atoms with Gasteiger partial charge in [0.05, 0.1) is 25.5 Å². The minimum Gasteiger partial charge on any atom is -0.493 e. The summed E-state index contributed by atoms with van der Waals surface area (Å²) in [5.74, 6) is -1.15. The van der Waals surface area contributed by atoms with Crippen molar-refractivity contribution in [1.82, 2.24) is 5.43 Å². The van der Waals surface area contributed by atoms with Crippen LogP contribution in [0.25, 0.3) is 0 Å². The lowest BCUT2D eigenvalue weighted by Crippen LogP contribution is -2.18. The topological polar surface area (TPSA) is 86.2 Å². The first-order valence-corrected chi connectivity index (χ1v) is 7.65. The average Bonchev–Trinajstić information content (AvgIpc) is 2.63. The monoisotopic (exact) mass is 360 g/mol. The molecule has 0 aliphatic rings. The highest BCUT2D eigenvalue weighted by Gasteiger charge is 2.16. The van der Waals surface area contributed by atoms with Crippen LogP contribution in [0.4, 0.5) is 9.18 Å². The molecule has 8 heteroatoms. The Kier molecular flexibility index (Phi) is 6.67. The maximum absolute atomic E-state index is 13.7. The number of ether oxygens (including phenoxy) is 3. The van der Waals surface area contributed by atoms with Crippen LogP contribution in [0.3, 0.4) is 0 Å². The zero-order valence-corrected chi connectivity index (χ0v) is 14.2. The van der Waals surface area contributed by atoms with Gasteiger partial charge in [0.1, 0.15) is 5.82 Å². The average molecular weight is 360 g/mol. The number of hydrazone groups is 1. The number of nitrogens with one attached hydrogen (secondary N) is 1. The molecule has 7 nitrogen and oxygen atoms in total. The summed E-state index contributed by atoms with van der Waals surface area (Å²) in [6, 6.07) is 10.1. The van der Waals surface area contributed by atoms with Crippen LogP contribution in [0, 0.1) is 5.82 Å². The summed E-state index contributed by atoms with van der Waals surface area (Å²) in [5.41, 5.74) is 2.58. The van der Waals surface area contributed by atoms with Gasteiger partial charge in [0.25, 0.3) is 0 Å². The quantitative estimate of drug-likeness (QED) is 0.370. The number of carbonyl (C=O) groups excluding carboxylic acids is 2. The molecule has 0 spiro atoms. The van der Waals surface area contributed by atoms with Gasteiger partial charge in [-0.1, -0.05) is 12.1 Å². The molecule has 0 heterocycles. The van der Waals surface area contributed by atoms with Gasteiger partial charge < -0.3 is 14.2 Å². The van der Waals surface area contributed by atoms with Crippen molar-refractivity contribution in [2.45, 2.75) is 6.92 Å². The van der Waals surface area contributed by atoms with Crippen molar-refractivity contribution in [2.75, 3.05) is 13.7 Å². The molecule has 0 aliphatic carbocycles. The highest BCUT2D eigenvalue weighted by molar-refractivity contribution is 5.92. The van der Waals surface area contributed by atoms with E-state index in [0.29, 0.717) is 5.56 Å². The van der Waals surface area contributed by atoms with Crippen molar-refractivity contribution >= 4 is 18.3 Å². The van der Waals surface area contributed by atoms with Gasteiger partial charge in [0.2, 0.25) is 0 Å². The number of halogens is 1. The number of nitrogens with zero attached hydrogens (tertiary/aromatic N) is 1. The summed E-state index contributed by atoms with van der Waals surface area (Å²) in [5, 5.41) is 3.72. The molecule has 136 valence electrons. The van der Waals surface area contributed by atoms with Crippen LogP contribution >= 0.6 is 0 Å². The standard InChI is InChI=1S/C18H17FN2O5/c1-3-25-18(23)21-20-11-12-8-9-15(16(10-12)24-2)26-17(22)13-6-4-5-7-14(13)19/h4-11H,3H2,1-2H3,(H,21,23)/b20-11+. The molecular weight excluding hydrogens is 343 g/mol. The van der Waals surface area contributed by atoms with E-state index in [1.54, 1.807) is 19.1 Å². The zero-order chi connectivity index (χ0) is 18.9. The Labute approximate surface area is 149 Å². The number of amides is 1. The molecule has 2 aromatic rings. The summed E-state index contributed by atoms with van der Waals surface area (Å²) in [6.07, 6.45) is 0.688. The molecule has 0 bridgehead atoms. The van der Waals surface area contributed by atoms with Gasteiger partial charge in [-0.2, -0.15) is 5.10 Å². The number of rotatable bonds is 6. The normalized spacial score (nSPS) is 10.4. The third-order valence-corrected chi connectivity index (χ3v) is 3.13. The van der Waals surface area contributed by atoms with Crippen LogP contribution in [0.2, 0.25) is 0 Å². The summed E-state index contributed by atoms with van der Waals surface area (Å²) >= 11 is 0. The Hall–Kier alpha value is -3.42. The third kappa shape index (κ3) is 5.04. The highest BCUT2D eigenvalue weighted by atomic mass is 19.1. The second-order valence-corrected chi connectivity index (χ2v) is 4.87. The molecular formula is C18H17FN2O5. The van der Waals surface area contributed by atoms with Gasteiger partial charge >= 0.3 is 12.1 Å². The molecule has 1 N–H and O–H groups in total. The largest absolute Gasteiger partial charge is 0.493 e. The van der Waals surface area contributed by atoms with Crippen molar-refractivity contribution in [3.8, 4) is 11.5 Å². The first-order valence-electron chi connectivity index (χ1n) is 7.65. The fourth-order valence-corrected chi connectivity index (χ4v) is 1.95. The van der Waals surface area contributed by atoms with Crippen LogP contribution in [-0.2, 0) is 4.74 Å². The maximum atomic E-state index is 13.7. The van der Waals surface area contributed by atoms with E-state index in [1.807, 2.05) is 0 Å². The van der Waals surface area contributed by atoms with Gasteiger partial charge in [-0.25, -0.2) is 19.4 Å². The predicted molar refractivity (Wildman–Crippen MR) is 92.1 cm³/mol. The number of hydrogen-bond acceptors (Lipinski definition) is 6.